The number of rotatable bonds is 8. The van der Waals surface area contributed by atoms with Crippen LogP contribution in [-0.2, 0) is 6.42 Å². The van der Waals surface area contributed by atoms with Crippen LogP contribution in [0.3, 0.4) is 0 Å². The Morgan fingerprint density at radius 3 is 2.52 bits per heavy atom. The number of anilines is 1. The second-order valence-electron chi connectivity index (χ2n) is 9.54. The monoisotopic (exact) mass is 453 g/mol. The van der Waals surface area contributed by atoms with Crippen molar-refractivity contribution in [3.05, 3.63) is 47.5 Å². The topological polar surface area (TPSA) is 82.2 Å². The smallest absolute Gasteiger partial charge is 0.160 e. The molecule has 2 aromatic carbocycles. The van der Waals surface area contributed by atoms with Crippen LogP contribution >= 0.6 is 0 Å². The van der Waals surface area contributed by atoms with Crippen LogP contribution in [-0.4, -0.2) is 54.1 Å². The summed E-state index contributed by atoms with van der Waals surface area (Å²) in [7, 11) is 1.72. The van der Waals surface area contributed by atoms with Crippen LogP contribution < -0.4 is 15.4 Å². The molecule has 0 amide bonds. The third kappa shape index (κ3) is 4.64. The van der Waals surface area contributed by atoms with Gasteiger partial charge in [0.2, 0.25) is 0 Å². The van der Waals surface area contributed by atoms with Gasteiger partial charge in [-0.1, -0.05) is 50.8 Å². The van der Waals surface area contributed by atoms with Gasteiger partial charge in [-0.2, -0.15) is 0 Å². The largest absolute Gasteiger partial charge is 0.504 e. The molecule has 4 N–H and O–H groups in total. The molecular weight excluding hydrogens is 414 g/mol. The number of benzene rings is 2. The Morgan fingerprint density at radius 1 is 1.03 bits per heavy atom. The highest BCUT2D eigenvalue weighted by atomic mass is 16.5. The molecule has 1 aliphatic carbocycles. The van der Waals surface area contributed by atoms with Gasteiger partial charge in [-0.25, -0.2) is 0 Å². The fourth-order valence-electron chi connectivity index (χ4n) is 5.81. The molecule has 0 spiro atoms. The van der Waals surface area contributed by atoms with Crippen LogP contribution in [0.4, 0.5) is 5.69 Å². The van der Waals surface area contributed by atoms with E-state index in [1.54, 1.807) is 13.2 Å². The van der Waals surface area contributed by atoms with E-state index in [-0.39, 0.29) is 17.4 Å². The Kier molecular flexibility index (Phi) is 7.35. The average Bonchev–Trinajstić information content (AvgIpc) is 2.85. The summed E-state index contributed by atoms with van der Waals surface area (Å²) in [4.78, 5) is 4.85. The van der Waals surface area contributed by atoms with Crippen LogP contribution in [0.25, 0.3) is 0 Å². The normalized spacial score (nSPS) is 23.4. The fourth-order valence-corrected chi connectivity index (χ4v) is 5.81. The first kappa shape index (κ1) is 23.7. The summed E-state index contributed by atoms with van der Waals surface area (Å²) in [5.41, 5.74) is 9.95. The first-order chi connectivity index (χ1) is 16.0. The van der Waals surface area contributed by atoms with E-state index in [0.717, 1.165) is 68.0 Å². The second-order valence-corrected chi connectivity index (χ2v) is 9.54. The Bertz CT molecular complexity index is 942. The van der Waals surface area contributed by atoms with Crippen molar-refractivity contribution in [1.82, 2.24) is 4.90 Å². The third-order valence-corrected chi connectivity index (χ3v) is 7.69. The first-order valence-electron chi connectivity index (χ1n) is 12.4. The molecule has 1 fully saturated rings. The lowest BCUT2D eigenvalue weighted by atomic mass is 9.71. The lowest BCUT2D eigenvalue weighted by molar-refractivity contribution is 0.0403. The number of phenols is 2. The van der Waals surface area contributed by atoms with Gasteiger partial charge in [0.25, 0.3) is 0 Å². The van der Waals surface area contributed by atoms with Crippen LogP contribution in [0.15, 0.2) is 36.4 Å². The summed E-state index contributed by atoms with van der Waals surface area (Å²) in [5, 5.41) is 20.6. The SMILES string of the molecule is CCCCCCC1c2ccc(O)c(O)c2CCC1(N)N1CCN(c2ccccc2OC)CC1. The second kappa shape index (κ2) is 10.2. The number of ether oxygens (including phenoxy) is 1. The number of nitrogens with zero attached hydrogens (tertiary/aromatic N) is 2. The number of aromatic hydroxyl groups is 2. The minimum absolute atomic E-state index is 0.0339. The van der Waals surface area contributed by atoms with Gasteiger partial charge in [0.1, 0.15) is 5.75 Å². The minimum atomic E-state index is -0.449. The van der Waals surface area contributed by atoms with Crippen molar-refractivity contribution in [2.75, 3.05) is 38.2 Å². The van der Waals surface area contributed by atoms with Gasteiger partial charge in [-0.15, -0.1) is 0 Å². The molecule has 2 atom stereocenters. The maximum atomic E-state index is 10.5. The van der Waals surface area contributed by atoms with Crippen molar-refractivity contribution in [2.24, 2.45) is 5.73 Å². The van der Waals surface area contributed by atoms with Crippen molar-refractivity contribution in [2.45, 2.75) is 63.5 Å². The van der Waals surface area contributed by atoms with Gasteiger partial charge >= 0.3 is 0 Å². The standard InChI is InChI=1S/C27H39N3O3/c1-3-4-5-6-9-22-20-12-13-24(31)26(32)21(20)14-15-27(22,28)30-18-16-29(17-19-30)23-10-7-8-11-25(23)33-2/h7-8,10-13,22,31-32H,3-6,9,14-19,28H2,1-2H3. The summed E-state index contributed by atoms with van der Waals surface area (Å²) < 4.78 is 5.58. The number of piperazine rings is 1. The molecule has 0 radical (unpaired) electrons. The summed E-state index contributed by atoms with van der Waals surface area (Å²) in [5.74, 6) is 1.05. The molecule has 0 aromatic heterocycles. The average molecular weight is 454 g/mol. The lowest BCUT2D eigenvalue weighted by Gasteiger charge is -2.52. The van der Waals surface area contributed by atoms with E-state index in [9.17, 15) is 10.2 Å². The van der Waals surface area contributed by atoms with Crippen LogP contribution in [0, 0.1) is 0 Å². The number of nitrogens with two attached hydrogens (primary N) is 1. The molecule has 1 heterocycles. The van der Waals surface area contributed by atoms with Crippen LogP contribution in [0.1, 0.15) is 62.5 Å². The Morgan fingerprint density at radius 2 is 1.79 bits per heavy atom. The van der Waals surface area contributed by atoms with Gasteiger partial charge in [0.05, 0.1) is 18.5 Å². The van der Waals surface area contributed by atoms with Gasteiger partial charge < -0.3 is 25.6 Å². The van der Waals surface area contributed by atoms with Crippen LogP contribution in [0.2, 0.25) is 0 Å². The molecule has 1 aliphatic heterocycles. The van der Waals surface area contributed by atoms with Gasteiger partial charge in [0, 0.05) is 37.7 Å². The Balaban J connectivity index is 1.55. The number of fused-ring (bicyclic) bond motifs is 1. The Hall–Kier alpha value is -2.44. The maximum absolute atomic E-state index is 10.5. The number of hydrogen-bond acceptors (Lipinski definition) is 6. The molecular formula is C27H39N3O3. The fraction of sp³-hybridized carbons (Fsp3) is 0.556. The van der Waals surface area contributed by atoms with Crippen molar-refractivity contribution in [3.63, 3.8) is 0 Å². The highest BCUT2D eigenvalue weighted by Gasteiger charge is 2.46. The number of methoxy groups -OCH3 is 1. The Labute approximate surface area is 198 Å². The van der Waals surface area contributed by atoms with Crippen molar-refractivity contribution >= 4 is 5.69 Å². The van der Waals surface area contributed by atoms with Gasteiger partial charge in [-0.3, -0.25) is 4.90 Å². The van der Waals surface area contributed by atoms with Crippen molar-refractivity contribution in [1.29, 1.82) is 0 Å². The van der Waals surface area contributed by atoms with E-state index in [1.807, 2.05) is 18.2 Å². The number of phenolic OH excluding ortho intramolecular Hbond substituents is 2. The van der Waals surface area contributed by atoms with Crippen molar-refractivity contribution < 1.29 is 14.9 Å². The number of para-hydroxylation sites is 2. The predicted octanol–water partition coefficient (Wildman–Crippen LogP) is 4.58. The van der Waals surface area contributed by atoms with E-state index < -0.39 is 5.66 Å². The van der Waals surface area contributed by atoms with Gasteiger partial charge in [-0.05, 0) is 43.0 Å². The zero-order chi connectivity index (χ0) is 23.4. The molecule has 2 aliphatic rings. The molecule has 0 bridgehead atoms. The number of hydrogen-bond donors (Lipinski definition) is 3. The zero-order valence-electron chi connectivity index (χ0n) is 20.1. The quantitative estimate of drug-likeness (QED) is 0.401. The lowest BCUT2D eigenvalue weighted by Crippen LogP contribution is -2.65. The number of unbranched alkanes of at least 4 members (excludes halogenated alkanes) is 3. The van der Waals surface area contributed by atoms with E-state index in [0.29, 0.717) is 6.42 Å². The highest BCUT2D eigenvalue weighted by Crippen LogP contribution is 2.47. The van der Waals surface area contributed by atoms with E-state index in [1.165, 1.54) is 19.3 Å². The summed E-state index contributed by atoms with van der Waals surface area (Å²) >= 11 is 0. The summed E-state index contributed by atoms with van der Waals surface area (Å²) in [6.07, 6.45) is 7.22. The van der Waals surface area contributed by atoms with Crippen molar-refractivity contribution in [3.8, 4) is 17.2 Å². The van der Waals surface area contributed by atoms with Crippen LogP contribution in [0.5, 0.6) is 17.2 Å². The summed E-state index contributed by atoms with van der Waals surface area (Å²) in [6, 6.07) is 11.8. The summed E-state index contributed by atoms with van der Waals surface area (Å²) in [6.45, 7) is 5.80. The molecule has 33 heavy (non-hydrogen) atoms. The third-order valence-electron chi connectivity index (χ3n) is 7.69. The molecule has 2 unspecified atom stereocenters. The predicted molar refractivity (Wildman–Crippen MR) is 133 cm³/mol. The highest BCUT2D eigenvalue weighted by molar-refractivity contribution is 5.59. The van der Waals surface area contributed by atoms with E-state index in [4.69, 9.17) is 10.5 Å². The minimum Gasteiger partial charge on any atom is -0.504 e. The molecule has 6 heteroatoms. The molecule has 0 saturated carbocycles. The van der Waals surface area contributed by atoms with E-state index in [2.05, 4.69) is 28.9 Å². The molecule has 6 nitrogen and oxygen atoms in total. The molecule has 4 rings (SSSR count). The molecule has 1 saturated heterocycles. The molecule has 180 valence electrons. The zero-order valence-corrected chi connectivity index (χ0v) is 20.1. The van der Waals surface area contributed by atoms with E-state index >= 15 is 0 Å². The maximum Gasteiger partial charge on any atom is 0.160 e. The first-order valence-corrected chi connectivity index (χ1v) is 12.4. The van der Waals surface area contributed by atoms with Gasteiger partial charge in [0.15, 0.2) is 11.5 Å². The molecule has 2 aromatic rings.